The van der Waals surface area contributed by atoms with Crippen molar-refractivity contribution in [1.82, 2.24) is 0 Å². The number of anilines is 1. The normalized spacial score (nSPS) is 10.4. The highest BCUT2D eigenvalue weighted by atomic mass is 79.9. The van der Waals surface area contributed by atoms with Gasteiger partial charge in [-0.25, -0.2) is 0 Å². The van der Waals surface area contributed by atoms with Gasteiger partial charge in [0.05, 0.1) is 11.5 Å². The van der Waals surface area contributed by atoms with Crippen LogP contribution in [0.25, 0.3) is 0 Å². The Balaban J connectivity index is 2.06. The standard InChI is InChI=1S/C15H15BrN2O3/c1-21-10-11-3-2-4-13(7-11)17-9-12-5-6-14(18(19)20)8-15(12)16/h2-8,17H,9-10H2,1H3. The lowest BCUT2D eigenvalue weighted by Gasteiger charge is -2.09. The quantitative estimate of drug-likeness (QED) is 0.628. The predicted molar refractivity (Wildman–Crippen MR) is 85.3 cm³/mol. The Labute approximate surface area is 131 Å². The minimum atomic E-state index is -0.407. The Kier molecular flexibility index (Phi) is 5.30. The first-order chi connectivity index (χ1) is 10.1. The minimum Gasteiger partial charge on any atom is -0.381 e. The molecular weight excluding hydrogens is 336 g/mol. The van der Waals surface area contributed by atoms with E-state index < -0.39 is 4.92 Å². The Morgan fingerprint density at radius 1 is 1.29 bits per heavy atom. The number of hydrogen-bond acceptors (Lipinski definition) is 4. The molecule has 0 aromatic heterocycles. The highest BCUT2D eigenvalue weighted by molar-refractivity contribution is 9.10. The number of methoxy groups -OCH3 is 1. The van der Waals surface area contributed by atoms with Crippen molar-refractivity contribution in [2.75, 3.05) is 12.4 Å². The number of nitro groups is 1. The van der Waals surface area contributed by atoms with Crippen molar-refractivity contribution in [3.8, 4) is 0 Å². The summed E-state index contributed by atoms with van der Waals surface area (Å²) in [6.07, 6.45) is 0. The van der Waals surface area contributed by atoms with Crippen molar-refractivity contribution in [3.63, 3.8) is 0 Å². The van der Waals surface area contributed by atoms with Crippen molar-refractivity contribution < 1.29 is 9.66 Å². The molecule has 2 aromatic rings. The van der Waals surface area contributed by atoms with E-state index in [0.717, 1.165) is 21.3 Å². The average Bonchev–Trinajstić information content (AvgIpc) is 2.46. The van der Waals surface area contributed by atoms with Crippen molar-refractivity contribution in [1.29, 1.82) is 0 Å². The number of halogens is 1. The van der Waals surface area contributed by atoms with Crippen molar-refractivity contribution in [2.24, 2.45) is 0 Å². The molecule has 0 saturated carbocycles. The van der Waals surface area contributed by atoms with E-state index >= 15 is 0 Å². The van der Waals surface area contributed by atoms with Gasteiger partial charge >= 0.3 is 0 Å². The molecule has 0 aliphatic heterocycles. The maximum Gasteiger partial charge on any atom is 0.270 e. The summed E-state index contributed by atoms with van der Waals surface area (Å²) in [6, 6.07) is 12.7. The summed E-state index contributed by atoms with van der Waals surface area (Å²) in [4.78, 5) is 10.3. The average molecular weight is 351 g/mol. The van der Waals surface area contributed by atoms with E-state index in [0.29, 0.717) is 13.2 Å². The van der Waals surface area contributed by atoms with Crippen LogP contribution in [0, 0.1) is 10.1 Å². The van der Waals surface area contributed by atoms with Gasteiger partial charge in [0.2, 0.25) is 0 Å². The lowest BCUT2D eigenvalue weighted by atomic mass is 10.2. The van der Waals surface area contributed by atoms with Crippen LogP contribution >= 0.6 is 15.9 Å². The third-order valence-electron chi connectivity index (χ3n) is 2.97. The number of benzene rings is 2. The molecule has 0 atom stereocenters. The Bertz CT molecular complexity index is 647. The molecule has 0 bridgehead atoms. The summed E-state index contributed by atoms with van der Waals surface area (Å²) in [6.45, 7) is 1.14. The highest BCUT2D eigenvalue weighted by Gasteiger charge is 2.08. The molecule has 0 amide bonds. The molecular formula is C15H15BrN2O3. The molecule has 0 aliphatic rings. The van der Waals surface area contributed by atoms with Crippen molar-refractivity contribution in [2.45, 2.75) is 13.2 Å². The van der Waals surface area contributed by atoms with Gasteiger partial charge in [-0.1, -0.05) is 28.1 Å². The molecule has 0 unspecified atom stereocenters. The van der Waals surface area contributed by atoms with Crippen LogP contribution in [0.4, 0.5) is 11.4 Å². The third kappa shape index (κ3) is 4.27. The fourth-order valence-electron chi connectivity index (χ4n) is 1.93. The molecule has 0 radical (unpaired) electrons. The van der Waals surface area contributed by atoms with Crippen LogP contribution < -0.4 is 5.32 Å². The molecule has 110 valence electrons. The first kappa shape index (κ1) is 15.5. The number of nitrogens with one attached hydrogen (secondary N) is 1. The second-order valence-electron chi connectivity index (χ2n) is 4.52. The number of nitrogens with zero attached hydrogens (tertiary/aromatic N) is 1. The van der Waals surface area contributed by atoms with Gasteiger partial charge in [0.25, 0.3) is 5.69 Å². The first-order valence-corrected chi connectivity index (χ1v) is 7.14. The van der Waals surface area contributed by atoms with E-state index in [9.17, 15) is 10.1 Å². The zero-order valence-corrected chi connectivity index (χ0v) is 13.1. The van der Waals surface area contributed by atoms with Gasteiger partial charge in [-0.3, -0.25) is 10.1 Å². The smallest absolute Gasteiger partial charge is 0.270 e. The van der Waals surface area contributed by atoms with E-state index in [2.05, 4.69) is 21.2 Å². The number of hydrogen-bond donors (Lipinski definition) is 1. The zero-order chi connectivity index (χ0) is 15.2. The van der Waals surface area contributed by atoms with E-state index in [1.54, 1.807) is 13.2 Å². The molecule has 0 saturated heterocycles. The molecule has 2 rings (SSSR count). The van der Waals surface area contributed by atoms with Crippen LogP contribution in [-0.2, 0) is 17.9 Å². The maximum absolute atomic E-state index is 10.7. The molecule has 0 heterocycles. The molecule has 0 aliphatic carbocycles. The Hall–Kier alpha value is -1.92. The van der Waals surface area contributed by atoms with Gasteiger partial charge in [0.15, 0.2) is 0 Å². The SMILES string of the molecule is COCc1cccc(NCc2ccc([N+](=O)[O-])cc2Br)c1. The molecule has 0 spiro atoms. The van der Waals surface area contributed by atoms with Crippen LogP contribution in [0.2, 0.25) is 0 Å². The van der Waals surface area contributed by atoms with Gasteiger partial charge in [0.1, 0.15) is 0 Å². The van der Waals surface area contributed by atoms with Crippen LogP contribution in [0.3, 0.4) is 0 Å². The van der Waals surface area contributed by atoms with Crippen molar-refractivity contribution >= 4 is 27.3 Å². The van der Waals surface area contributed by atoms with Crippen LogP contribution in [0.15, 0.2) is 46.9 Å². The van der Waals surface area contributed by atoms with Crippen molar-refractivity contribution in [3.05, 3.63) is 68.2 Å². The third-order valence-corrected chi connectivity index (χ3v) is 3.71. The Morgan fingerprint density at radius 2 is 2.10 bits per heavy atom. The lowest BCUT2D eigenvalue weighted by Crippen LogP contribution is -2.01. The summed E-state index contributed by atoms with van der Waals surface area (Å²) in [5.74, 6) is 0. The highest BCUT2D eigenvalue weighted by Crippen LogP contribution is 2.24. The fraction of sp³-hybridized carbons (Fsp3) is 0.200. The van der Waals surface area contributed by atoms with E-state index in [1.165, 1.54) is 12.1 Å². The summed E-state index contributed by atoms with van der Waals surface area (Å²) in [5.41, 5.74) is 3.10. The van der Waals surface area contributed by atoms with E-state index in [4.69, 9.17) is 4.74 Å². The van der Waals surface area contributed by atoms with Gasteiger partial charge in [-0.2, -0.15) is 0 Å². The summed E-state index contributed by atoms with van der Waals surface area (Å²) in [7, 11) is 1.66. The second kappa shape index (κ2) is 7.19. The molecule has 0 fully saturated rings. The van der Waals surface area contributed by atoms with Gasteiger partial charge in [-0.15, -0.1) is 0 Å². The zero-order valence-electron chi connectivity index (χ0n) is 11.5. The van der Waals surface area contributed by atoms with Crippen LogP contribution in [-0.4, -0.2) is 12.0 Å². The van der Waals surface area contributed by atoms with Crippen LogP contribution in [0.5, 0.6) is 0 Å². The van der Waals surface area contributed by atoms with Gasteiger partial charge < -0.3 is 10.1 Å². The largest absolute Gasteiger partial charge is 0.381 e. The first-order valence-electron chi connectivity index (χ1n) is 6.34. The van der Waals surface area contributed by atoms with Gasteiger partial charge in [-0.05, 0) is 29.3 Å². The molecule has 1 N–H and O–H groups in total. The Morgan fingerprint density at radius 3 is 2.76 bits per heavy atom. The monoisotopic (exact) mass is 350 g/mol. The predicted octanol–water partition coefficient (Wildman–Crippen LogP) is 4.12. The molecule has 5 nitrogen and oxygen atoms in total. The number of non-ortho nitro benzene ring substituents is 1. The number of ether oxygens (including phenoxy) is 1. The summed E-state index contributed by atoms with van der Waals surface area (Å²) >= 11 is 3.36. The fourth-order valence-corrected chi connectivity index (χ4v) is 2.44. The van der Waals surface area contributed by atoms with Gasteiger partial charge in [0, 0.05) is 35.9 Å². The van der Waals surface area contributed by atoms with Crippen LogP contribution in [0.1, 0.15) is 11.1 Å². The van der Waals surface area contributed by atoms with E-state index in [-0.39, 0.29) is 5.69 Å². The topological polar surface area (TPSA) is 64.4 Å². The molecule has 2 aromatic carbocycles. The molecule has 6 heteroatoms. The maximum atomic E-state index is 10.7. The number of nitro benzene ring substituents is 1. The summed E-state index contributed by atoms with van der Waals surface area (Å²) < 4.78 is 5.82. The molecule has 21 heavy (non-hydrogen) atoms. The lowest BCUT2D eigenvalue weighted by molar-refractivity contribution is -0.384. The van der Waals surface area contributed by atoms with E-state index in [1.807, 2.05) is 24.3 Å². The second-order valence-corrected chi connectivity index (χ2v) is 5.37. The minimum absolute atomic E-state index is 0.0766. The summed E-state index contributed by atoms with van der Waals surface area (Å²) in [5, 5.41) is 14.0. The number of rotatable bonds is 6.